The molecule has 0 amide bonds. The molecule has 0 fully saturated rings. The summed E-state index contributed by atoms with van der Waals surface area (Å²) in [4.78, 5) is 0. The van der Waals surface area contributed by atoms with Crippen LogP contribution >= 0.6 is 0 Å². The highest BCUT2D eigenvalue weighted by Crippen LogP contribution is 2.21. The first-order chi connectivity index (χ1) is 14.7. The van der Waals surface area contributed by atoms with E-state index in [0.717, 1.165) is 11.8 Å². The molecule has 0 radical (unpaired) electrons. The zero-order valence-electron chi connectivity index (χ0n) is 22.1. The lowest BCUT2D eigenvalue weighted by molar-refractivity contribution is 0.391. The van der Waals surface area contributed by atoms with Crippen LogP contribution in [-0.4, -0.2) is 0 Å². The molecule has 30 heavy (non-hydrogen) atoms. The van der Waals surface area contributed by atoms with Crippen LogP contribution in [0.15, 0.2) is 0 Å². The second-order valence-corrected chi connectivity index (χ2v) is 10.7. The molecule has 0 aliphatic heterocycles. The van der Waals surface area contributed by atoms with Crippen LogP contribution in [0.25, 0.3) is 0 Å². The van der Waals surface area contributed by atoms with Crippen molar-refractivity contribution >= 4 is 0 Å². The molecule has 2 atom stereocenters. The Hall–Kier alpha value is 0. The van der Waals surface area contributed by atoms with Crippen LogP contribution in [-0.2, 0) is 0 Å². The Balaban J connectivity index is 3.21. The Morgan fingerprint density at radius 3 is 0.867 bits per heavy atom. The summed E-state index contributed by atoms with van der Waals surface area (Å²) < 4.78 is 0. The van der Waals surface area contributed by atoms with Gasteiger partial charge in [0.25, 0.3) is 0 Å². The quantitative estimate of drug-likeness (QED) is 0.128. The highest BCUT2D eigenvalue weighted by atomic mass is 14.1. The van der Waals surface area contributed by atoms with Crippen LogP contribution in [0.5, 0.6) is 0 Å². The first-order valence-corrected chi connectivity index (χ1v) is 14.7. The molecule has 0 heterocycles. The molecule has 2 unspecified atom stereocenters. The second-order valence-electron chi connectivity index (χ2n) is 10.7. The van der Waals surface area contributed by atoms with Crippen LogP contribution in [0.1, 0.15) is 182 Å². The van der Waals surface area contributed by atoms with E-state index in [0.29, 0.717) is 0 Å². The standard InChI is InChI=1S/C30H62/c1-5-7-9-11-12-13-14-15-16-17-18-19-20-21-23-26-30(4)28-24-27-29(3)25-22-10-8-6-2/h29-30H,5-28H2,1-4H3. The van der Waals surface area contributed by atoms with E-state index in [1.165, 1.54) is 154 Å². The Morgan fingerprint density at radius 1 is 0.300 bits per heavy atom. The fourth-order valence-electron chi connectivity index (χ4n) is 4.89. The Kier molecular flexibility index (Phi) is 25.3. The SMILES string of the molecule is CCCCCCCCCCCCCCCCCC(C)CCCC(C)CCCCCC. The summed E-state index contributed by atoms with van der Waals surface area (Å²) in [5.41, 5.74) is 0. The van der Waals surface area contributed by atoms with Gasteiger partial charge in [0.2, 0.25) is 0 Å². The van der Waals surface area contributed by atoms with Gasteiger partial charge in [-0.05, 0) is 11.8 Å². The van der Waals surface area contributed by atoms with Crippen LogP contribution in [0, 0.1) is 11.8 Å². The molecule has 0 aromatic heterocycles. The molecular weight excluding hydrogens is 360 g/mol. The maximum Gasteiger partial charge on any atom is -0.0443 e. The van der Waals surface area contributed by atoms with Crippen molar-refractivity contribution in [3.8, 4) is 0 Å². The van der Waals surface area contributed by atoms with E-state index in [2.05, 4.69) is 27.7 Å². The predicted molar refractivity (Wildman–Crippen MR) is 140 cm³/mol. The van der Waals surface area contributed by atoms with E-state index in [4.69, 9.17) is 0 Å². The normalized spacial score (nSPS) is 13.6. The van der Waals surface area contributed by atoms with Crippen molar-refractivity contribution < 1.29 is 0 Å². The van der Waals surface area contributed by atoms with Gasteiger partial charge in [0.15, 0.2) is 0 Å². The molecular formula is C30H62. The summed E-state index contributed by atoms with van der Waals surface area (Å²) in [5.74, 6) is 1.92. The largest absolute Gasteiger partial charge is 0.0654 e. The minimum absolute atomic E-state index is 0.958. The van der Waals surface area contributed by atoms with Crippen molar-refractivity contribution in [2.24, 2.45) is 11.8 Å². The van der Waals surface area contributed by atoms with Crippen molar-refractivity contribution in [2.75, 3.05) is 0 Å². The number of rotatable bonds is 25. The highest BCUT2D eigenvalue weighted by molar-refractivity contribution is 4.59. The van der Waals surface area contributed by atoms with E-state index < -0.39 is 0 Å². The molecule has 0 aromatic rings. The van der Waals surface area contributed by atoms with E-state index >= 15 is 0 Å². The van der Waals surface area contributed by atoms with Crippen molar-refractivity contribution in [2.45, 2.75) is 182 Å². The summed E-state index contributed by atoms with van der Waals surface area (Å²) in [7, 11) is 0. The monoisotopic (exact) mass is 422 g/mol. The van der Waals surface area contributed by atoms with Crippen molar-refractivity contribution in [1.82, 2.24) is 0 Å². The molecule has 0 N–H and O–H groups in total. The summed E-state index contributed by atoms with van der Waals surface area (Å²) >= 11 is 0. The molecule has 0 rings (SSSR count). The lowest BCUT2D eigenvalue weighted by Crippen LogP contribution is -1.99. The van der Waals surface area contributed by atoms with Gasteiger partial charge in [-0.2, -0.15) is 0 Å². The molecule has 0 spiro atoms. The van der Waals surface area contributed by atoms with Gasteiger partial charge < -0.3 is 0 Å². The van der Waals surface area contributed by atoms with Gasteiger partial charge in [-0.1, -0.05) is 182 Å². The number of hydrogen-bond donors (Lipinski definition) is 0. The van der Waals surface area contributed by atoms with Gasteiger partial charge in [-0.25, -0.2) is 0 Å². The van der Waals surface area contributed by atoms with E-state index in [1.807, 2.05) is 0 Å². The smallest absolute Gasteiger partial charge is 0.0443 e. The molecule has 0 aromatic carbocycles. The Bertz CT molecular complexity index is 294. The van der Waals surface area contributed by atoms with Crippen LogP contribution in [0.2, 0.25) is 0 Å². The maximum absolute atomic E-state index is 2.50. The van der Waals surface area contributed by atoms with Crippen LogP contribution in [0.3, 0.4) is 0 Å². The van der Waals surface area contributed by atoms with Gasteiger partial charge in [-0.15, -0.1) is 0 Å². The van der Waals surface area contributed by atoms with E-state index in [1.54, 1.807) is 0 Å². The minimum atomic E-state index is 0.958. The van der Waals surface area contributed by atoms with Crippen LogP contribution in [0.4, 0.5) is 0 Å². The molecule has 0 aliphatic rings. The predicted octanol–water partition coefficient (Wildman–Crippen LogP) is 11.7. The molecule has 0 aliphatic carbocycles. The average molecular weight is 423 g/mol. The molecule has 0 bridgehead atoms. The molecule has 0 saturated heterocycles. The summed E-state index contributed by atoms with van der Waals surface area (Å²) in [6.45, 7) is 9.59. The van der Waals surface area contributed by atoms with E-state index in [9.17, 15) is 0 Å². The fourth-order valence-corrected chi connectivity index (χ4v) is 4.89. The van der Waals surface area contributed by atoms with Gasteiger partial charge in [0.1, 0.15) is 0 Å². The van der Waals surface area contributed by atoms with Crippen LogP contribution < -0.4 is 0 Å². The van der Waals surface area contributed by atoms with Gasteiger partial charge in [0.05, 0.1) is 0 Å². The third kappa shape index (κ3) is 24.3. The lowest BCUT2D eigenvalue weighted by atomic mass is 9.92. The number of unbranched alkanes of at least 4 members (excludes halogenated alkanes) is 17. The topological polar surface area (TPSA) is 0 Å². The summed E-state index contributed by atoms with van der Waals surface area (Å²) in [6, 6.07) is 0. The third-order valence-corrected chi connectivity index (χ3v) is 7.24. The minimum Gasteiger partial charge on any atom is -0.0654 e. The van der Waals surface area contributed by atoms with Gasteiger partial charge in [0, 0.05) is 0 Å². The number of hydrogen-bond acceptors (Lipinski definition) is 0. The second kappa shape index (κ2) is 25.3. The zero-order valence-corrected chi connectivity index (χ0v) is 22.1. The zero-order chi connectivity index (χ0) is 22.1. The maximum atomic E-state index is 2.50. The Labute approximate surface area is 193 Å². The first kappa shape index (κ1) is 30.0. The van der Waals surface area contributed by atoms with Gasteiger partial charge >= 0.3 is 0 Å². The van der Waals surface area contributed by atoms with Gasteiger partial charge in [-0.3, -0.25) is 0 Å². The third-order valence-electron chi connectivity index (χ3n) is 7.24. The molecule has 0 saturated carbocycles. The highest BCUT2D eigenvalue weighted by Gasteiger charge is 2.06. The fraction of sp³-hybridized carbons (Fsp3) is 1.00. The molecule has 0 nitrogen and oxygen atoms in total. The molecule has 182 valence electrons. The Morgan fingerprint density at radius 2 is 0.533 bits per heavy atom. The van der Waals surface area contributed by atoms with E-state index in [-0.39, 0.29) is 0 Å². The average Bonchev–Trinajstić information content (AvgIpc) is 2.74. The van der Waals surface area contributed by atoms with Crippen molar-refractivity contribution in [1.29, 1.82) is 0 Å². The first-order valence-electron chi connectivity index (χ1n) is 14.7. The summed E-state index contributed by atoms with van der Waals surface area (Å²) in [5, 5.41) is 0. The molecule has 0 heteroatoms. The van der Waals surface area contributed by atoms with Crippen molar-refractivity contribution in [3.05, 3.63) is 0 Å². The van der Waals surface area contributed by atoms with Crippen molar-refractivity contribution in [3.63, 3.8) is 0 Å². The summed E-state index contributed by atoms with van der Waals surface area (Å²) in [6.07, 6.45) is 35.2. The lowest BCUT2D eigenvalue weighted by Gasteiger charge is -2.14.